The standard InChI is InChI=1S/C26H31N3O6S/c1-20(34-25-9-5-7-16-32-25)26-27-14-15-29(26)19-23-18-24(35-28-23)22-12-10-21(11-13-22)8-4-3-6-17-33-36(2,30)31/h10-15,18,20,25H,3,5-7,9,16-17,19H2,1-2H3/t20-,25?/m0/s1. The molecule has 0 saturated carbocycles. The first kappa shape index (κ1) is 26.1. The SMILES string of the molecule is C[C@H](OC1CCCCO1)c1nccn1Cc1cc(-c2ccc(C#CCCCOS(C)(=O)=O)cc2)on1. The molecule has 1 saturated heterocycles. The summed E-state index contributed by atoms with van der Waals surface area (Å²) in [7, 11) is -3.40. The molecule has 0 N–H and O–H groups in total. The van der Waals surface area contributed by atoms with Crippen LogP contribution in [0.15, 0.2) is 47.2 Å². The van der Waals surface area contributed by atoms with Gasteiger partial charge in [-0.2, -0.15) is 8.42 Å². The van der Waals surface area contributed by atoms with Crippen molar-refractivity contribution in [2.24, 2.45) is 0 Å². The van der Waals surface area contributed by atoms with Gasteiger partial charge in [0.25, 0.3) is 10.1 Å². The molecule has 0 amide bonds. The van der Waals surface area contributed by atoms with E-state index in [1.807, 2.05) is 48.0 Å². The Kier molecular flexibility index (Phi) is 8.93. The molecule has 2 aromatic heterocycles. The van der Waals surface area contributed by atoms with E-state index < -0.39 is 10.1 Å². The van der Waals surface area contributed by atoms with Gasteiger partial charge in [0.1, 0.15) is 17.6 Å². The van der Waals surface area contributed by atoms with E-state index in [0.717, 1.165) is 54.8 Å². The highest BCUT2D eigenvalue weighted by Gasteiger charge is 2.21. The zero-order valence-corrected chi connectivity index (χ0v) is 21.4. The molecule has 1 aliphatic rings. The summed E-state index contributed by atoms with van der Waals surface area (Å²) in [5.74, 6) is 7.59. The van der Waals surface area contributed by atoms with Crippen LogP contribution in [0.3, 0.4) is 0 Å². The number of hydrogen-bond donors (Lipinski definition) is 0. The van der Waals surface area contributed by atoms with Crippen LogP contribution >= 0.6 is 0 Å². The van der Waals surface area contributed by atoms with Crippen LogP contribution < -0.4 is 0 Å². The Hall–Kier alpha value is -2.97. The fourth-order valence-corrected chi connectivity index (χ4v) is 4.29. The van der Waals surface area contributed by atoms with Crippen LogP contribution in [0.4, 0.5) is 0 Å². The van der Waals surface area contributed by atoms with Crippen molar-refractivity contribution in [2.75, 3.05) is 19.5 Å². The van der Waals surface area contributed by atoms with Crippen molar-refractivity contribution in [3.8, 4) is 23.2 Å². The van der Waals surface area contributed by atoms with Gasteiger partial charge in [-0.25, -0.2) is 4.98 Å². The Morgan fingerprint density at radius 2 is 2.08 bits per heavy atom. The Morgan fingerprint density at radius 1 is 1.25 bits per heavy atom. The van der Waals surface area contributed by atoms with Crippen LogP contribution in [0, 0.1) is 11.8 Å². The molecule has 0 radical (unpaired) electrons. The molecule has 10 heteroatoms. The van der Waals surface area contributed by atoms with Gasteiger partial charge in [0, 0.05) is 42.6 Å². The maximum Gasteiger partial charge on any atom is 0.264 e. The summed E-state index contributed by atoms with van der Waals surface area (Å²) in [5.41, 5.74) is 2.55. The fraction of sp³-hybridized carbons (Fsp3) is 0.462. The summed E-state index contributed by atoms with van der Waals surface area (Å²) in [6.07, 6.45) is 8.53. The smallest absolute Gasteiger partial charge is 0.264 e. The molecule has 0 bridgehead atoms. The van der Waals surface area contributed by atoms with E-state index in [1.165, 1.54) is 0 Å². The van der Waals surface area contributed by atoms with Gasteiger partial charge >= 0.3 is 0 Å². The van der Waals surface area contributed by atoms with Gasteiger partial charge in [-0.15, -0.1) is 0 Å². The van der Waals surface area contributed by atoms with E-state index in [9.17, 15) is 8.42 Å². The molecule has 9 nitrogen and oxygen atoms in total. The monoisotopic (exact) mass is 513 g/mol. The van der Waals surface area contributed by atoms with Gasteiger partial charge in [-0.3, -0.25) is 4.18 Å². The highest BCUT2D eigenvalue weighted by Crippen LogP contribution is 2.25. The third-order valence-corrected chi connectivity index (χ3v) is 6.24. The van der Waals surface area contributed by atoms with Gasteiger partial charge in [0.2, 0.25) is 0 Å². The van der Waals surface area contributed by atoms with E-state index in [-0.39, 0.29) is 19.0 Å². The lowest BCUT2D eigenvalue weighted by Crippen LogP contribution is -2.24. The third-order valence-electron chi connectivity index (χ3n) is 5.64. The van der Waals surface area contributed by atoms with E-state index in [2.05, 4.69) is 22.0 Å². The van der Waals surface area contributed by atoms with E-state index in [4.69, 9.17) is 18.2 Å². The molecule has 3 heterocycles. The Bertz CT molecular complexity index is 1280. The second-order valence-electron chi connectivity index (χ2n) is 8.68. The van der Waals surface area contributed by atoms with Gasteiger partial charge < -0.3 is 18.6 Å². The molecule has 1 fully saturated rings. The van der Waals surface area contributed by atoms with Crippen molar-refractivity contribution >= 4 is 10.1 Å². The second-order valence-corrected chi connectivity index (χ2v) is 10.3. The lowest BCUT2D eigenvalue weighted by Gasteiger charge is -2.26. The van der Waals surface area contributed by atoms with Crippen molar-refractivity contribution in [1.29, 1.82) is 0 Å². The summed E-state index contributed by atoms with van der Waals surface area (Å²) < 4.78 is 45.9. The van der Waals surface area contributed by atoms with Crippen LogP contribution in [0.2, 0.25) is 0 Å². The summed E-state index contributed by atoms with van der Waals surface area (Å²) in [6, 6.07) is 9.62. The first-order valence-corrected chi connectivity index (χ1v) is 13.9. The van der Waals surface area contributed by atoms with Crippen LogP contribution in [0.1, 0.15) is 62.2 Å². The predicted molar refractivity (Wildman–Crippen MR) is 133 cm³/mol. The Balaban J connectivity index is 1.31. The van der Waals surface area contributed by atoms with Crippen molar-refractivity contribution in [2.45, 2.75) is 58.0 Å². The molecule has 1 aromatic carbocycles. The van der Waals surface area contributed by atoms with Gasteiger partial charge in [-0.1, -0.05) is 17.0 Å². The molecule has 1 unspecified atom stereocenters. The number of benzene rings is 1. The maximum atomic E-state index is 10.9. The molecule has 192 valence electrons. The molecule has 1 aliphatic heterocycles. The zero-order chi connectivity index (χ0) is 25.4. The number of rotatable bonds is 10. The van der Waals surface area contributed by atoms with Crippen LogP contribution in [0.5, 0.6) is 0 Å². The predicted octanol–water partition coefficient (Wildman–Crippen LogP) is 4.30. The Labute approximate surface area is 211 Å². The Morgan fingerprint density at radius 3 is 2.83 bits per heavy atom. The number of unbranched alkanes of at least 4 members (excludes halogenated alkanes) is 1. The van der Waals surface area contributed by atoms with Crippen molar-refractivity contribution in [1.82, 2.24) is 14.7 Å². The van der Waals surface area contributed by atoms with E-state index >= 15 is 0 Å². The highest BCUT2D eigenvalue weighted by atomic mass is 32.2. The van der Waals surface area contributed by atoms with Crippen molar-refractivity contribution in [3.05, 3.63) is 59.8 Å². The van der Waals surface area contributed by atoms with Gasteiger partial charge in [0.05, 0.1) is 19.4 Å². The van der Waals surface area contributed by atoms with Crippen molar-refractivity contribution < 1.29 is 26.6 Å². The molecule has 3 aromatic rings. The van der Waals surface area contributed by atoms with Crippen molar-refractivity contribution in [3.63, 3.8) is 0 Å². The summed E-state index contributed by atoms with van der Waals surface area (Å²) in [4.78, 5) is 4.48. The first-order valence-electron chi connectivity index (χ1n) is 12.0. The molecule has 0 aliphatic carbocycles. The number of nitrogens with zero attached hydrogens (tertiary/aromatic N) is 3. The molecule has 4 rings (SSSR count). The third kappa shape index (κ3) is 7.77. The maximum absolute atomic E-state index is 10.9. The molecule has 2 atom stereocenters. The summed E-state index contributed by atoms with van der Waals surface area (Å²) in [5, 5.41) is 4.23. The minimum Gasteiger partial charge on any atom is -0.356 e. The number of hydrogen-bond acceptors (Lipinski definition) is 8. The zero-order valence-electron chi connectivity index (χ0n) is 20.6. The fourth-order valence-electron chi connectivity index (χ4n) is 3.87. The first-order chi connectivity index (χ1) is 17.4. The largest absolute Gasteiger partial charge is 0.356 e. The van der Waals surface area contributed by atoms with E-state index in [0.29, 0.717) is 25.1 Å². The normalized spacial score (nSPS) is 16.9. The average molecular weight is 514 g/mol. The molecule has 36 heavy (non-hydrogen) atoms. The summed E-state index contributed by atoms with van der Waals surface area (Å²) in [6.45, 7) is 3.38. The molecular formula is C26H31N3O6S. The topological polar surface area (TPSA) is 106 Å². The second kappa shape index (κ2) is 12.3. The highest BCUT2D eigenvalue weighted by molar-refractivity contribution is 7.85. The molecule has 0 spiro atoms. The number of aromatic nitrogens is 3. The quantitative estimate of drug-likeness (QED) is 0.224. The minimum absolute atomic E-state index is 0.141. The lowest BCUT2D eigenvalue weighted by molar-refractivity contribution is -0.188. The minimum atomic E-state index is -3.40. The number of imidazole rings is 1. The van der Waals surface area contributed by atoms with Crippen LogP contribution in [0.25, 0.3) is 11.3 Å². The van der Waals surface area contributed by atoms with Crippen LogP contribution in [-0.4, -0.2) is 48.9 Å². The van der Waals surface area contributed by atoms with Gasteiger partial charge in [-0.05, 0) is 56.9 Å². The molecular weight excluding hydrogens is 482 g/mol. The summed E-state index contributed by atoms with van der Waals surface area (Å²) >= 11 is 0. The number of ether oxygens (including phenoxy) is 2. The average Bonchev–Trinajstić information content (AvgIpc) is 3.52. The van der Waals surface area contributed by atoms with Crippen LogP contribution in [-0.2, 0) is 30.3 Å². The lowest BCUT2D eigenvalue weighted by atomic mass is 10.1. The van der Waals surface area contributed by atoms with E-state index in [1.54, 1.807) is 6.20 Å². The van der Waals surface area contributed by atoms with Gasteiger partial charge in [0.15, 0.2) is 12.1 Å².